The van der Waals surface area contributed by atoms with Gasteiger partial charge in [-0.15, -0.1) is 0 Å². The van der Waals surface area contributed by atoms with Gasteiger partial charge in [0.05, 0.1) is 10.5 Å². The Kier molecular flexibility index (Phi) is 7.36. The lowest BCUT2D eigenvalue weighted by Gasteiger charge is -2.29. The van der Waals surface area contributed by atoms with Crippen molar-refractivity contribution in [2.24, 2.45) is 5.92 Å². The van der Waals surface area contributed by atoms with Gasteiger partial charge in [-0.1, -0.05) is 19.1 Å². The van der Waals surface area contributed by atoms with Gasteiger partial charge < -0.3 is 10.1 Å². The molecule has 0 bridgehead atoms. The van der Waals surface area contributed by atoms with Crippen LogP contribution in [0, 0.1) is 19.8 Å². The second kappa shape index (κ2) is 9.83. The average Bonchev–Trinajstić information content (AvgIpc) is 2.76. The van der Waals surface area contributed by atoms with Crippen LogP contribution in [0.1, 0.15) is 48.2 Å². The first kappa shape index (κ1) is 23.9. The Bertz CT molecular complexity index is 1090. The van der Waals surface area contributed by atoms with Gasteiger partial charge in [0.1, 0.15) is 0 Å². The van der Waals surface area contributed by atoms with E-state index in [2.05, 4.69) is 12.2 Å². The molecule has 1 aliphatic heterocycles. The molecule has 3 rings (SSSR count). The molecule has 1 atom stereocenters. The molecule has 172 valence electrons. The number of anilines is 1. The van der Waals surface area contributed by atoms with E-state index >= 15 is 0 Å². The molecule has 0 spiro atoms. The minimum Gasteiger partial charge on any atom is -0.449 e. The Labute approximate surface area is 189 Å². The number of ether oxygens (including phenoxy) is 1. The number of rotatable bonds is 6. The Morgan fingerprint density at radius 3 is 2.31 bits per heavy atom. The van der Waals surface area contributed by atoms with Crippen molar-refractivity contribution in [1.29, 1.82) is 0 Å². The van der Waals surface area contributed by atoms with Crippen molar-refractivity contribution in [3.05, 3.63) is 59.2 Å². The normalized spacial score (nSPS) is 16.4. The number of hydrogen-bond donors (Lipinski definition) is 1. The van der Waals surface area contributed by atoms with E-state index in [1.165, 1.54) is 35.5 Å². The topological polar surface area (TPSA) is 92.8 Å². The summed E-state index contributed by atoms with van der Waals surface area (Å²) in [5, 5.41) is 2.78. The summed E-state index contributed by atoms with van der Waals surface area (Å²) in [6, 6.07) is 11.3. The van der Waals surface area contributed by atoms with Gasteiger partial charge in [-0.25, -0.2) is 13.2 Å². The zero-order valence-corrected chi connectivity index (χ0v) is 19.7. The number of sulfonamides is 1. The smallest absolute Gasteiger partial charge is 0.338 e. The van der Waals surface area contributed by atoms with E-state index in [1.807, 2.05) is 32.0 Å². The van der Waals surface area contributed by atoms with Crippen molar-refractivity contribution in [2.45, 2.75) is 51.5 Å². The first-order valence-corrected chi connectivity index (χ1v) is 12.2. The van der Waals surface area contributed by atoms with Crippen molar-refractivity contribution in [1.82, 2.24) is 4.31 Å². The molecular formula is C24H30N2O5S. The van der Waals surface area contributed by atoms with Gasteiger partial charge in [0, 0.05) is 18.8 Å². The van der Waals surface area contributed by atoms with Crippen LogP contribution in [0.15, 0.2) is 47.4 Å². The van der Waals surface area contributed by atoms with Crippen LogP contribution in [0.5, 0.6) is 0 Å². The maximum Gasteiger partial charge on any atom is 0.338 e. The lowest BCUT2D eigenvalue weighted by molar-refractivity contribution is -0.123. The molecule has 2 aromatic rings. The van der Waals surface area contributed by atoms with Crippen LogP contribution in [-0.2, 0) is 19.6 Å². The quantitative estimate of drug-likeness (QED) is 0.663. The SMILES string of the molecule is Cc1ccc(C)c(NC(=O)C(C)OC(=O)c2ccc(S(=O)(=O)N3CCC(C)CC3)cc2)c1. The van der Waals surface area contributed by atoms with E-state index in [1.54, 1.807) is 0 Å². The summed E-state index contributed by atoms with van der Waals surface area (Å²) >= 11 is 0. The van der Waals surface area contributed by atoms with E-state index in [9.17, 15) is 18.0 Å². The van der Waals surface area contributed by atoms with Crippen LogP contribution in [0.3, 0.4) is 0 Å². The Hall–Kier alpha value is -2.71. The molecule has 32 heavy (non-hydrogen) atoms. The van der Waals surface area contributed by atoms with Crippen molar-refractivity contribution in [3.8, 4) is 0 Å². The number of nitrogens with one attached hydrogen (secondary N) is 1. The molecule has 1 saturated heterocycles. The fraction of sp³-hybridized carbons (Fsp3) is 0.417. The van der Waals surface area contributed by atoms with Crippen LogP contribution in [0.25, 0.3) is 0 Å². The standard InChI is InChI=1S/C24H30N2O5S/c1-16-11-13-26(14-12-16)32(29,30)21-9-7-20(8-10-21)24(28)31-19(4)23(27)25-22-15-17(2)5-6-18(22)3/h5-10,15-16,19H,11-14H2,1-4H3,(H,25,27). The van der Waals surface area contributed by atoms with E-state index in [0.29, 0.717) is 24.7 Å². The average molecular weight is 459 g/mol. The molecule has 1 heterocycles. The summed E-state index contributed by atoms with van der Waals surface area (Å²) in [5.74, 6) is -0.609. The fourth-order valence-electron chi connectivity index (χ4n) is 3.52. The van der Waals surface area contributed by atoms with E-state index in [-0.39, 0.29) is 10.5 Å². The Morgan fingerprint density at radius 1 is 1.06 bits per heavy atom. The third-order valence-corrected chi connectivity index (χ3v) is 7.69. The summed E-state index contributed by atoms with van der Waals surface area (Å²) < 4.78 is 32.4. The highest BCUT2D eigenvalue weighted by Gasteiger charge is 2.28. The van der Waals surface area contributed by atoms with Crippen LogP contribution in [-0.4, -0.2) is 43.8 Å². The van der Waals surface area contributed by atoms with Gasteiger partial charge >= 0.3 is 5.97 Å². The van der Waals surface area contributed by atoms with Crippen molar-refractivity contribution in [2.75, 3.05) is 18.4 Å². The zero-order chi connectivity index (χ0) is 23.5. The van der Waals surface area contributed by atoms with Crippen molar-refractivity contribution < 1.29 is 22.7 Å². The molecule has 8 heteroatoms. The molecule has 2 aromatic carbocycles. The number of aryl methyl sites for hydroxylation is 2. The maximum atomic E-state index is 12.8. The first-order valence-electron chi connectivity index (χ1n) is 10.8. The molecule has 1 N–H and O–H groups in total. The molecular weight excluding hydrogens is 428 g/mol. The lowest BCUT2D eigenvalue weighted by Crippen LogP contribution is -2.37. The number of amides is 1. The van der Waals surface area contributed by atoms with Gasteiger partial charge in [0.2, 0.25) is 10.0 Å². The molecule has 0 aromatic heterocycles. The second-order valence-corrected chi connectivity index (χ2v) is 10.4. The lowest BCUT2D eigenvalue weighted by atomic mass is 10.0. The van der Waals surface area contributed by atoms with Crippen LogP contribution in [0.2, 0.25) is 0 Å². The highest BCUT2D eigenvalue weighted by molar-refractivity contribution is 7.89. The second-order valence-electron chi connectivity index (χ2n) is 8.47. The summed E-state index contributed by atoms with van der Waals surface area (Å²) in [4.78, 5) is 25.1. The third-order valence-electron chi connectivity index (χ3n) is 5.77. The third kappa shape index (κ3) is 5.55. The Morgan fingerprint density at radius 2 is 1.69 bits per heavy atom. The van der Waals surface area contributed by atoms with Crippen LogP contribution < -0.4 is 5.32 Å². The van der Waals surface area contributed by atoms with Gasteiger partial charge in [0.15, 0.2) is 6.10 Å². The van der Waals surface area contributed by atoms with Crippen LogP contribution >= 0.6 is 0 Å². The van der Waals surface area contributed by atoms with E-state index < -0.39 is 28.0 Å². The molecule has 7 nitrogen and oxygen atoms in total. The summed E-state index contributed by atoms with van der Waals surface area (Å²) in [6.07, 6.45) is 0.665. The minimum atomic E-state index is -3.59. The van der Waals surface area contributed by atoms with E-state index in [0.717, 1.165) is 24.0 Å². The summed E-state index contributed by atoms with van der Waals surface area (Å²) in [6.45, 7) is 8.42. The number of nitrogens with zero attached hydrogens (tertiary/aromatic N) is 1. The highest BCUT2D eigenvalue weighted by Crippen LogP contribution is 2.24. The highest BCUT2D eigenvalue weighted by atomic mass is 32.2. The summed E-state index contributed by atoms with van der Waals surface area (Å²) in [7, 11) is -3.59. The largest absolute Gasteiger partial charge is 0.449 e. The van der Waals surface area contributed by atoms with Gasteiger partial charge in [0.25, 0.3) is 5.91 Å². The first-order chi connectivity index (χ1) is 15.1. The number of esters is 1. The van der Waals surface area contributed by atoms with Crippen molar-refractivity contribution in [3.63, 3.8) is 0 Å². The van der Waals surface area contributed by atoms with Gasteiger partial charge in [-0.3, -0.25) is 4.79 Å². The number of hydrogen-bond acceptors (Lipinski definition) is 5. The summed E-state index contributed by atoms with van der Waals surface area (Å²) in [5.41, 5.74) is 2.76. The molecule has 1 amide bonds. The maximum absolute atomic E-state index is 12.8. The molecule has 0 radical (unpaired) electrons. The Balaban J connectivity index is 1.62. The number of benzene rings is 2. The fourth-order valence-corrected chi connectivity index (χ4v) is 4.99. The predicted octanol–water partition coefficient (Wildman–Crippen LogP) is 3.91. The minimum absolute atomic E-state index is 0.143. The van der Waals surface area contributed by atoms with Crippen molar-refractivity contribution >= 4 is 27.6 Å². The zero-order valence-electron chi connectivity index (χ0n) is 18.9. The number of carbonyl (C=O) groups is 2. The van der Waals surface area contributed by atoms with E-state index in [4.69, 9.17) is 4.74 Å². The van der Waals surface area contributed by atoms with Gasteiger partial charge in [-0.2, -0.15) is 4.31 Å². The van der Waals surface area contributed by atoms with Crippen LogP contribution in [0.4, 0.5) is 5.69 Å². The molecule has 1 fully saturated rings. The molecule has 1 aliphatic rings. The molecule has 0 saturated carbocycles. The molecule has 1 unspecified atom stereocenters. The van der Waals surface area contributed by atoms with Gasteiger partial charge in [-0.05, 0) is 81.0 Å². The molecule has 0 aliphatic carbocycles. The monoisotopic (exact) mass is 458 g/mol. The number of carbonyl (C=O) groups excluding carboxylic acids is 2. The predicted molar refractivity (Wildman–Crippen MR) is 123 cm³/mol. The number of piperidine rings is 1.